The van der Waals surface area contributed by atoms with Crippen molar-refractivity contribution in [2.24, 2.45) is 0 Å². The van der Waals surface area contributed by atoms with Crippen LogP contribution in [-0.4, -0.2) is 22.1 Å². The van der Waals surface area contributed by atoms with Crippen LogP contribution in [-0.2, 0) is 0 Å². The molecule has 0 bridgehead atoms. The van der Waals surface area contributed by atoms with Crippen LogP contribution in [0.4, 0.5) is 5.13 Å². The number of nitrogens with one attached hydrogen (secondary N) is 1. The summed E-state index contributed by atoms with van der Waals surface area (Å²) in [5.41, 5.74) is 3.37. The molecule has 2 heterocycles. The van der Waals surface area contributed by atoms with E-state index in [2.05, 4.69) is 15.3 Å². The van der Waals surface area contributed by atoms with Gasteiger partial charge in [-0.15, -0.1) is 23.1 Å². The van der Waals surface area contributed by atoms with E-state index in [-0.39, 0.29) is 5.91 Å². The van der Waals surface area contributed by atoms with Crippen LogP contribution in [0.1, 0.15) is 15.9 Å². The van der Waals surface area contributed by atoms with Gasteiger partial charge in [-0.05, 0) is 43.0 Å². The molecule has 6 heteroatoms. The lowest BCUT2D eigenvalue weighted by molar-refractivity contribution is 0.102. The summed E-state index contributed by atoms with van der Waals surface area (Å²) in [5, 5.41) is 5.38. The minimum atomic E-state index is -0.134. The van der Waals surface area contributed by atoms with Gasteiger partial charge in [0.25, 0.3) is 5.91 Å². The lowest BCUT2D eigenvalue weighted by atomic mass is 10.1. The SMILES string of the molecule is CSc1ccc(C)c(C(=O)Nc2nc(-c3cccnc3)cs2)c1. The molecule has 0 fully saturated rings. The van der Waals surface area contributed by atoms with Gasteiger partial charge in [0, 0.05) is 33.8 Å². The fourth-order valence-electron chi connectivity index (χ4n) is 2.12. The minimum Gasteiger partial charge on any atom is -0.298 e. The molecule has 3 aromatic rings. The van der Waals surface area contributed by atoms with Crippen LogP contribution in [0.5, 0.6) is 0 Å². The first-order chi connectivity index (χ1) is 11.2. The van der Waals surface area contributed by atoms with Crippen molar-refractivity contribution in [1.82, 2.24) is 9.97 Å². The summed E-state index contributed by atoms with van der Waals surface area (Å²) in [6.45, 7) is 1.93. The number of pyridine rings is 1. The minimum absolute atomic E-state index is 0.134. The van der Waals surface area contributed by atoms with E-state index in [9.17, 15) is 4.79 Å². The second-order valence-electron chi connectivity index (χ2n) is 4.91. The molecule has 0 saturated carbocycles. The van der Waals surface area contributed by atoms with E-state index in [0.29, 0.717) is 10.7 Å². The third kappa shape index (κ3) is 3.60. The standard InChI is InChI=1S/C17H15N3OS2/c1-11-5-6-13(22-2)8-14(11)16(21)20-17-19-15(10-23-17)12-4-3-7-18-9-12/h3-10H,1-2H3,(H,19,20,21). The van der Waals surface area contributed by atoms with Gasteiger partial charge in [0.05, 0.1) is 5.69 Å². The molecule has 0 saturated heterocycles. The predicted molar refractivity (Wildman–Crippen MR) is 96.3 cm³/mol. The van der Waals surface area contributed by atoms with Crippen molar-refractivity contribution < 1.29 is 4.79 Å². The second kappa shape index (κ2) is 6.93. The van der Waals surface area contributed by atoms with Gasteiger partial charge in [-0.2, -0.15) is 0 Å². The van der Waals surface area contributed by atoms with E-state index in [0.717, 1.165) is 21.7 Å². The molecule has 0 radical (unpaired) electrons. The highest BCUT2D eigenvalue weighted by Crippen LogP contribution is 2.25. The molecule has 0 unspecified atom stereocenters. The van der Waals surface area contributed by atoms with Gasteiger partial charge in [-0.1, -0.05) is 6.07 Å². The largest absolute Gasteiger partial charge is 0.298 e. The number of anilines is 1. The number of hydrogen-bond acceptors (Lipinski definition) is 5. The maximum absolute atomic E-state index is 12.5. The normalized spacial score (nSPS) is 10.5. The average Bonchev–Trinajstić information content (AvgIpc) is 3.04. The molecule has 0 aliphatic carbocycles. The summed E-state index contributed by atoms with van der Waals surface area (Å²) in [5.74, 6) is -0.134. The topological polar surface area (TPSA) is 54.9 Å². The van der Waals surface area contributed by atoms with E-state index < -0.39 is 0 Å². The van der Waals surface area contributed by atoms with Gasteiger partial charge < -0.3 is 0 Å². The predicted octanol–water partition coefficient (Wildman–Crippen LogP) is 4.49. The smallest absolute Gasteiger partial charge is 0.257 e. The van der Waals surface area contributed by atoms with Crippen molar-refractivity contribution in [3.05, 3.63) is 59.2 Å². The number of carbonyl (C=O) groups excluding carboxylic acids is 1. The number of hydrogen-bond donors (Lipinski definition) is 1. The Morgan fingerprint density at radius 3 is 2.91 bits per heavy atom. The Morgan fingerprint density at radius 1 is 1.30 bits per heavy atom. The molecular formula is C17H15N3OS2. The van der Waals surface area contributed by atoms with Crippen molar-refractivity contribution in [2.45, 2.75) is 11.8 Å². The van der Waals surface area contributed by atoms with E-state index in [4.69, 9.17) is 0 Å². The Morgan fingerprint density at radius 2 is 2.17 bits per heavy atom. The Balaban J connectivity index is 1.80. The van der Waals surface area contributed by atoms with E-state index in [1.165, 1.54) is 11.3 Å². The third-order valence-corrected chi connectivity index (χ3v) is 4.85. The van der Waals surface area contributed by atoms with Crippen LogP contribution >= 0.6 is 23.1 Å². The molecule has 0 aliphatic heterocycles. The number of amides is 1. The first kappa shape index (κ1) is 15.7. The number of aromatic nitrogens is 2. The Kier molecular flexibility index (Phi) is 4.73. The van der Waals surface area contributed by atoms with Gasteiger partial charge in [0.2, 0.25) is 0 Å². The zero-order valence-electron chi connectivity index (χ0n) is 12.7. The first-order valence-corrected chi connectivity index (χ1v) is 9.10. The summed E-state index contributed by atoms with van der Waals surface area (Å²) < 4.78 is 0. The van der Waals surface area contributed by atoms with Crippen LogP contribution < -0.4 is 5.32 Å². The van der Waals surface area contributed by atoms with Crippen molar-refractivity contribution in [3.8, 4) is 11.3 Å². The summed E-state index contributed by atoms with van der Waals surface area (Å²) in [7, 11) is 0. The highest BCUT2D eigenvalue weighted by atomic mass is 32.2. The van der Waals surface area contributed by atoms with Gasteiger partial charge >= 0.3 is 0 Å². The van der Waals surface area contributed by atoms with Crippen LogP contribution in [0.2, 0.25) is 0 Å². The summed E-state index contributed by atoms with van der Waals surface area (Å²) >= 11 is 3.02. The average molecular weight is 341 g/mol. The van der Waals surface area contributed by atoms with Crippen molar-refractivity contribution in [2.75, 3.05) is 11.6 Å². The number of thiazole rings is 1. The zero-order valence-corrected chi connectivity index (χ0v) is 14.4. The third-order valence-electron chi connectivity index (χ3n) is 3.37. The lowest BCUT2D eigenvalue weighted by Crippen LogP contribution is -2.13. The Bertz CT molecular complexity index is 831. The fourth-order valence-corrected chi connectivity index (χ4v) is 3.27. The van der Waals surface area contributed by atoms with E-state index in [1.807, 2.05) is 48.9 Å². The first-order valence-electron chi connectivity index (χ1n) is 6.99. The zero-order chi connectivity index (χ0) is 16.2. The number of nitrogens with zero attached hydrogens (tertiary/aromatic N) is 2. The molecule has 2 aromatic heterocycles. The maximum Gasteiger partial charge on any atom is 0.257 e. The summed E-state index contributed by atoms with van der Waals surface area (Å²) in [4.78, 5) is 22.1. The number of thioether (sulfide) groups is 1. The molecule has 1 aromatic carbocycles. The van der Waals surface area contributed by atoms with Crippen LogP contribution in [0.3, 0.4) is 0 Å². The number of carbonyl (C=O) groups is 1. The molecular weight excluding hydrogens is 326 g/mol. The quantitative estimate of drug-likeness (QED) is 0.711. The highest BCUT2D eigenvalue weighted by Gasteiger charge is 2.13. The van der Waals surface area contributed by atoms with Gasteiger partial charge in [0.1, 0.15) is 0 Å². The second-order valence-corrected chi connectivity index (χ2v) is 6.65. The molecule has 0 atom stereocenters. The molecule has 4 nitrogen and oxygen atoms in total. The van der Waals surface area contributed by atoms with Crippen molar-refractivity contribution in [1.29, 1.82) is 0 Å². The molecule has 0 spiro atoms. The monoisotopic (exact) mass is 341 g/mol. The molecule has 1 N–H and O–H groups in total. The van der Waals surface area contributed by atoms with Crippen molar-refractivity contribution >= 4 is 34.1 Å². The van der Waals surface area contributed by atoms with Gasteiger partial charge in [-0.3, -0.25) is 15.1 Å². The number of benzene rings is 1. The molecule has 23 heavy (non-hydrogen) atoms. The lowest BCUT2D eigenvalue weighted by Gasteiger charge is -2.07. The van der Waals surface area contributed by atoms with Crippen LogP contribution in [0.15, 0.2) is 53.0 Å². The van der Waals surface area contributed by atoms with Crippen LogP contribution in [0, 0.1) is 6.92 Å². The Hall–Kier alpha value is -2.18. The summed E-state index contributed by atoms with van der Waals surface area (Å²) in [6, 6.07) is 9.69. The number of aryl methyl sites for hydroxylation is 1. The highest BCUT2D eigenvalue weighted by molar-refractivity contribution is 7.98. The van der Waals surface area contributed by atoms with Crippen LogP contribution in [0.25, 0.3) is 11.3 Å². The van der Waals surface area contributed by atoms with Gasteiger partial charge in [0.15, 0.2) is 5.13 Å². The van der Waals surface area contributed by atoms with Crippen molar-refractivity contribution in [3.63, 3.8) is 0 Å². The number of rotatable bonds is 4. The molecule has 0 aliphatic rings. The maximum atomic E-state index is 12.5. The Labute approximate surface area is 143 Å². The van der Waals surface area contributed by atoms with E-state index >= 15 is 0 Å². The van der Waals surface area contributed by atoms with Gasteiger partial charge in [-0.25, -0.2) is 4.98 Å². The molecule has 1 amide bonds. The molecule has 3 rings (SSSR count). The summed E-state index contributed by atoms with van der Waals surface area (Å²) in [6.07, 6.45) is 5.47. The molecule has 116 valence electrons. The fraction of sp³-hybridized carbons (Fsp3) is 0.118. The van der Waals surface area contributed by atoms with E-state index in [1.54, 1.807) is 24.2 Å².